The van der Waals surface area contributed by atoms with Crippen LogP contribution in [0, 0.1) is 0 Å². The molecule has 0 saturated heterocycles. The number of rotatable bonds is 4. The van der Waals surface area contributed by atoms with E-state index < -0.39 is 11.9 Å². The maximum atomic E-state index is 10.5. The first-order chi connectivity index (χ1) is 7.99. The fourth-order valence-electron chi connectivity index (χ4n) is 1.29. The number of hydrogen-bond donors (Lipinski definition) is 2. The molecule has 2 N–H and O–H groups in total. The number of carboxylic acid groups (broad SMARTS) is 2. The lowest BCUT2D eigenvalue weighted by atomic mass is 10.0. The molecule has 4 heteroatoms. The van der Waals surface area contributed by atoms with Crippen LogP contribution in [0.5, 0.6) is 0 Å². The molecule has 0 amide bonds. The number of carbonyl (C=O) groups is 2. The van der Waals surface area contributed by atoms with Crippen molar-refractivity contribution in [3.63, 3.8) is 0 Å². The minimum atomic E-state index is -1.00. The first-order valence-corrected chi connectivity index (χ1v) is 4.91. The van der Waals surface area contributed by atoms with Crippen molar-refractivity contribution in [1.29, 1.82) is 0 Å². The molecule has 0 aliphatic carbocycles. The molecule has 0 aliphatic heterocycles. The predicted molar refractivity (Wildman–Crippen MR) is 64.4 cm³/mol. The van der Waals surface area contributed by atoms with Gasteiger partial charge in [-0.15, -0.1) is 0 Å². The van der Waals surface area contributed by atoms with Crippen molar-refractivity contribution in [2.24, 2.45) is 0 Å². The van der Waals surface area contributed by atoms with Crippen LogP contribution in [-0.4, -0.2) is 22.2 Å². The van der Waals surface area contributed by atoms with Crippen molar-refractivity contribution in [1.82, 2.24) is 0 Å². The van der Waals surface area contributed by atoms with Gasteiger partial charge >= 0.3 is 11.9 Å². The summed E-state index contributed by atoms with van der Waals surface area (Å²) < 4.78 is 0. The molecule has 17 heavy (non-hydrogen) atoms. The normalized spacial score (nSPS) is 11.7. The second-order valence-electron chi connectivity index (χ2n) is 3.46. The zero-order chi connectivity index (χ0) is 12.8. The highest BCUT2D eigenvalue weighted by molar-refractivity contribution is 5.89. The maximum Gasteiger partial charge on any atom is 0.328 e. The Morgan fingerprint density at radius 2 is 1.65 bits per heavy atom. The lowest BCUT2D eigenvalue weighted by Gasteiger charge is -2.00. The van der Waals surface area contributed by atoms with Crippen molar-refractivity contribution in [3.8, 4) is 0 Å². The molecule has 0 radical (unpaired) electrons. The fourth-order valence-corrected chi connectivity index (χ4v) is 1.29. The first kappa shape index (κ1) is 12.7. The van der Waals surface area contributed by atoms with Gasteiger partial charge in [0.1, 0.15) is 0 Å². The number of carboxylic acids is 2. The molecule has 88 valence electrons. The van der Waals surface area contributed by atoms with E-state index in [1.807, 2.05) is 0 Å². The van der Waals surface area contributed by atoms with Crippen LogP contribution in [-0.2, 0) is 9.59 Å². The van der Waals surface area contributed by atoms with Gasteiger partial charge in [-0.25, -0.2) is 9.59 Å². The Balaban J connectivity index is 2.88. The van der Waals surface area contributed by atoms with Gasteiger partial charge in [0.05, 0.1) is 0 Å². The monoisotopic (exact) mass is 232 g/mol. The minimum Gasteiger partial charge on any atom is -0.478 e. The molecule has 1 aromatic rings. The third-order valence-corrected chi connectivity index (χ3v) is 2.12. The van der Waals surface area contributed by atoms with E-state index in [2.05, 4.69) is 0 Å². The summed E-state index contributed by atoms with van der Waals surface area (Å²) in [4.78, 5) is 20.8. The van der Waals surface area contributed by atoms with Crippen LogP contribution in [0.25, 0.3) is 11.6 Å². The van der Waals surface area contributed by atoms with Gasteiger partial charge in [0.2, 0.25) is 0 Å². The van der Waals surface area contributed by atoms with Crippen molar-refractivity contribution in [3.05, 3.63) is 47.5 Å². The molecule has 1 aromatic carbocycles. The minimum absolute atomic E-state index is 0.645. The topological polar surface area (TPSA) is 74.6 Å². The van der Waals surface area contributed by atoms with Gasteiger partial charge in [0.25, 0.3) is 0 Å². The van der Waals surface area contributed by atoms with Crippen molar-refractivity contribution < 1.29 is 19.8 Å². The Kier molecular flexibility index (Phi) is 4.22. The van der Waals surface area contributed by atoms with Crippen LogP contribution in [0.2, 0.25) is 0 Å². The van der Waals surface area contributed by atoms with Crippen molar-refractivity contribution in [2.75, 3.05) is 0 Å². The molecule has 0 aromatic heterocycles. The van der Waals surface area contributed by atoms with E-state index in [9.17, 15) is 9.59 Å². The lowest BCUT2D eigenvalue weighted by Crippen LogP contribution is -1.90. The van der Waals surface area contributed by atoms with E-state index in [4.69, 9.17) is 10.2 Å². The summed E-state index contributed by atoms with van der Waals surface area (Å²) in [5.41, 5.74) is 2.19. The van der Waals surface area contributed by atoms with Gasteiger partial charge < -0.3 is 10.2 Å². The quantitative estimate of drug-likeness (QED) is 0.781. The van der Waals surface area contributed by atoms with Gasteiger partial charge in [-0.2, -0.15) is 0 Å². The third kappa shape index (κ3) is 4.34. The molecule has 0 atom stereocenters. The number of aliphatic carboxylic acids is 2. The molecule has 4 nitrogen and oxygen atoms in total. The SMILES string of the molecule is C/C(=C/C(=O)O)c1ccc(/C=C/C(=O)O)cc1. The summed E-state index contributed by atoms with van der Waals surface area (Å²) >= 11 is 0. The van der Waals surface area contributed by atoms with E-state index in [-0.39, 0.29) is 0 Å². The highest BCUT2D eigenvalue weighted by Gasteiger charge is 1.98. The number of allylic oxidation sites excluding steroid dienone is 1. The number of hydrogen-bond acceptors (Lipinski definition) is 2. The van der Waals surface area contributed by atoms with Gasteiger partial charge in [-0.3, -0.25) is 0 Å². The van der Waals surface area contributed by atoms with E-state index in [1.54, 1.807) is 31.2 Å². The third-order valence-electron chi connectivity index (χ3n) is 2.12. The Bertz CT molecular complexity index is 481. The standard InChI is InChI=1S/C13H12O4/c1-9(8-13(16)17)11-5-2-10(3-6-11)4-7-12(14)15/h2-8H,1H3,(H,14,15)(H,16,17)/b7-4+,9-8-. The van der Waals surface area contributed by atoms with Gasteiger partial charge in [0.15, 0.2) is 0 Å². The number of benzene rings is 1. The summed E-state index contributed by atoms with van der Waals surface area (Å²) in [7, 11) is 0. The zero-order valence-electron chi connectivity index (χ0n) is 9.25. The average Bonchev–Trinajstić information content (AvgIpc) is 2.26. The molecule has 1 rings (SSSR count). The molecule has 0 heterocycles. The van der Waals surface area contributed by atoms with E-state index in [0.717, 1.165) is 23.3 Å². The van der Waals surface area contributed by atoms with E-state index in [0.29, 0.717) is 5.57 Å². The van der Waals surface area contributed by atoms with Crippen LogP contribution < -0.4 is 0 Å². The smallest absolute Gasteiger partial charge is 0.328 e. The van der Waals surface area contributed by atoms with Gasteiger partial charge in [-0.1, -0.05) is 24.3 Å². The summed E-state index contributed by atoms with van der Waals surface area (Å²) in [5, 5.41) is 17.0. The molecule has 0 saturated carbocycles. The van der Waals surface area contributed by atoms with Crippen LogP contribution in [0.1, 0.15) is 18.1 Å². The Hall–Kier alpha value is -2.36. The molecular formula is C13H12O4. The zero-order valence-corrected chi connectivity index (χ0v) is 9.25. The van der Waals surface area contributed by atoms with Crippen LogP contribution in [0.4, 0.5) is 0 Å². The Morgan fingerprint density at radius 3 is 2.12 bits per heavy atom. The molecule has 0 unspecified atom stereocenters. The van der Waals surface area contributed by atoms with Crippen LogP contribution in [0.3, 0.4) is 0 Å². The van der Waals surface area contributed by atoms with Gasteiger partial charge in [0, 0.05) is 12.2 Å². The largest absolute Gasteiger partial charge is 0.478 e. The van der Waals surface area contributed by atoms with E-state index >= 15 is 0 Å². The summed E-state index contributed by atoms with van der Waals surface area (Å²) in [6.45, 7) is 1.70. The molecular weight excluding hydrogens is 220 g/mol. The molecule has 0 aliphatic rings. The van der Waals surface area contributed by atoms with E-state index in [1.165, 1.54) is 6.08 Å². The summed E-state index contributed by atoms with van der Waals surface area (Å²) in [6, 6.07) is 6.95. The average molecular weight is 232 g/mol. The first-order valence-electron chi connectivity index (χ1n) is 4.91. The second kappa shape index (κ2) is 5.65. The summed E-state index contributed by atoms with van der Waals surface area (Å²) in [5.74, 6) is -1.99. The van der Waals surface area contributed by atoms with Crippen molar-refractivity contribution >= 4 is 23.6 Å². The van der Waals surface area contributed by atoms with Gasteiger partial charge in [-0.05, 0) is 29.7 Å². The fraction of sp³-hybridized carbons (Fsp3) is 0.0769. The predicted octanol–water partition coefficient (Wildman–Crippen LogP) is 2.27. The molecule has 0 fully saturated rings. The second-order valence-corrected chi connectivity index (χ2v) is 3.46. The lowest BCUT2D eigenvalue weighted by molar-refractivity contribution is -0.132. The van der Waals surface area contributed by atoms with Crippen molar-refractivity contribution in [2.45, 2.75) is 6.92 Å². The Labute approximate surface area is 98.5 Å². The highest BCUT2D eigenvalue weighted by Crippen LogP contribution is 2.15. The maximum absolute atomic E-state index is 10.5. The Morgan fingerprint density at radius 1 is 1.06 bits per heavy atom. The highest BCUT2D eigenvalue weighted by atomic mass is 16.4. The molecule has 0 spiro atoms. The molecule has 0 bridgehead atoms. The summed E-state index contributed by atoms with van der Waals surface area (Å²) in [6.07, 6.45) is 3.65. The van der Waals surface area contributed by atoms with Crippen LogP contribution in [0.15, 0.2) is 36.4 Å². The van der Waals surface area contributed by atoms with Crippen LogP contribution >= 0.6 is 0 Å².